The van der Waals surface area contributed by atoms with Crippen LogP contribution in [0.1, 0.15) is 20.3 Å². The molecule has 144 valence electrons. The lowest BCUT2D eigenvalue weighted by Crippen LogP contribution is -2.49. The normalized spacial score (nSPS) is 16.0. The molecular weight excluding hydrogens is 356 g/mol. The summed E-state index contributed by atoms with van der Waals surface area (Å²) in [4.78, 5) is 27.7. The van der Waals surface area contributed by atoms with E-state index in [1.165, 1.54) is 6.08 Å². The largest absolute Gasteiger partial charge is 0.355 e. The van der Waals surface area contributed by atoms with Crippen molar-refractivity contribution in [2.45, 2.75) is 26.3 Å². The van der Waals surface area contributed by atoms with Crippen LogP contribution < -0.4 is 10.6 Å². The highest BCUT2D eigenvalue weighted by atomic mass is 33.1. The summed E-state index contributed by atoms with van der Waals surface area (Å²) in [6.45, 7) is 14.4. The molecule has 1 fully saturated rings. The third-order valence-electron chi connectivity index (χ3n) is 4.05. The molecular formula is C17H32N4O2S2. The molecule has 0 saturated carbocycles. The van der Waals surface area contributed by atoms with E-state index < -0.39 is 0 Å². The molecule has 0 aromatic carbocycles. The van der Waals surface area contributed by atoms with Crippen LogP contribution in [0.2, 0.25) is 0 Å². The van der Waals surface area contributed by atoms with Gasteiger partial charge in [-0.25, -0.2) is 0 Å². The lowest BCUT2D eigenvalue weighted by molar-refractivity contribution is -0.121. The van der Waals surface area contributed by atoms with Crippen LogP contribution in [0.25, 0.3) is 0 Å². The zero-order chi connectivity index (χ0) is 18.5. The standard InChI is InChI=1S/C17H32N4O2S2/c1-4-16(22)18-6-13-24-25-14-7-19-17(23)5-8-20-9-11-21(12-10-20)15(2)3/h4,15H,1,5-14H2,2-3H3,(H,18,22)(H,19,23). The van der Waals surface area contributed by atoms with Crippen molar-refractivity contribution in [2.24, 2.45) is 0 Å². The van der Waals surface area contributed by atoms with Crippen LogP contribution in [0.15, 0.2) is 12.7 Å². The quantitative estimate of drug-likeness (QED) is 0.298. The van der Waals surface area contributed by atoms with Gasteiger partial charge in [0.2, 0.25) is 11.8 Å². The molecule has 8 heteroatoms. The fraction of sp³-hybridized carbons (Fsp3) is 0.765. The molecule has 0 aromatic heterocycles. The first-order valence-electron chi connectivity index (χ1n) is 8.90. The Bertz CT molecular complexity index is 413. The Balaban J connectivity index is 1.92. The molecule has 0 radical (unpaired) electrons. The SMILES string of the molecule is C=CC(=O)NCCSSCCNC(=O)CCN1CCN(C(C)C)CC1. The van der Waals surface area contributed by atoms with E-state index in [4.69, 9.17) is 0 Å². The van der Waals surface area contributed by atoms with Crippen molar-refractivity contribution in [3.8, 4) is 0 Å². The molecule has 1 saturated heterocycles. The minimum atomic E-state index is -0.136. The van der Waals surface area contributed by atoms with Gasteiger partial charge in [0.05, 0.1) is 0 Å². The van der Waals surface area contributed by atoms with Gasteiger partial charge in [-0.1, -0.05) is 28.2 Å². The fourth-order valence-electron chi connectivity index (χ4n) is 2.49. The second-order valence-corrected chi connectivity index (χ2v) is 8.91. The van der Waals surface area contributed by atoms with Gasteiger partial charge in [0.1, 0.15) is 0 Å². The molecule has 0 bridgehead atoms. The number of nitrogens with one attached hydrogen (secondary N) is 2. The van der Waals surface area contributed by atoms with Crippen LogP contribution in [-0.2, 0) is 9.59 Å². The average molecular weight is 389 g/mol. The number of carbonyl (C=O) groups is 2. The summed E-state index contributed by atoms with van der Waals surface area (Å²) >= 11 is 0. The lowest BCUT2D eigenvalue weighted by Gasteiger charge is -2.36. The van der Waals surface area contributed by atoms with E-state index >= 15 is 0 Å². The molecule has 1 rings (SSSR count). The van der Waals surface area contributed by atoms with Gasteiger partial charge in [-0.15, -0.1) is 0 Å². The van der Waals surface area contributed by atoms with Crippen LogP contribution in [0, 0.1) is 0 Å². The Morgan fingerprint density at radius 2 is 1.68 bits per heavy atom. The Labute approximate surface area is 159 Å². The van der Waals surface area contributed by atoms with Gasteiger partial charge < -0.3 is 15.5 Å². The number of carbonyl (C=O) groups excluding carboxylic acids is 2. The first-order valence-corrected chi connectivity index (χ1v) is 11.4. The Morgan fingerprint density at radius 1 is 1.08 bits per heavy atom. The van der Waals surface area contributed by atoms with E-state index in [0.717, 1.165) is 44.2 Å². The molecule has 0 unspecified atom stereocenters. The summed E-state index contributed by atoms with van der Waals surface area (Å²) in [7, 11) is 3.41. The number of hydrogen-bond acceptors (Lipinski definition) is 6. The molecule has 0 aliphatic carbocycles. The van der Waals surface area contributed by atoms with Crippen molar-refractivity contribution in [1.82, 2.24) is 20.4 Å². The maximum Gasteiger partial charge on any atom is 0.243 e. The van der Waals surface area contributed by atoms with Gasteiger partial charge >= 0.3 is 0 Å². The molecule has 1 heterocycles. The van der Waals surface area contributed by atoms with E-state index in [0.29, 0.717) is 25.6 Å². The van der Waals surface area contributed by atoms with Gasteiger partial charge in [0.15, 0.2) is 0 Å². The minimum Gasteiger partial charge on any atom is -0.355 e. The highest BCUT2D eigenvalue weighted by Crippen LogP contribution is 2.19. The number of rotatable bonds is 12. The topological polar surface area (TPSA) is 64.7 Å². The molecule has 1 aliphatic rings. The molecule has 2 amide bonds. The van der Waals surface area contributed by atoms with E-state index in [-0.39, 0.29) is 11.8 Å². The summed E-state index contributed by atoms with van der Waals surface area (Å²) in [5.41, 5.74) is 0. The van der Waals surface area contributed by atoms with Crippen LogP contribution in [-0.4, -0.2) is 85.0 Å². The maximum atomic E-state index is 11.9. The Morgan fingerprint density at radius 3 is 2.24 bits per heavy atom. The molecule has 1 aliphatic heterocycles. The molecule has 25 heavy (non-hydrogen) atoms. The van der Waals surface area contributed by atoms with Gasteiger partial charge in [-0.2, -0.15) is 0 Å². The molecule has 0 aromatic rings. The zero-order valence-electron chi connectivity index (χ0n) is 15.5. The highest BCUT2D eigenvalue weighted by Gasteiger charge is 2.18. The number of amides is 2. The molecule has 2 N–H and O–H groups in total. The van der Waals surface area contributed by atoms with Gasteiger partial charge in [-0.05, 0) is 19.9 Å². The van der Waals surface area contributed by atoms with Crippen LogP contribution in [0.5, 0.6) is 0 Å². The summed E-state index contributed by atoms with van der Waals surface area (Å²) < 4.78 is 0. The highest BCUT2D eigenvalue weighted by molar-refractivity contribution is 8.76. The Kier molecular flexibility index (Phi) is 12.1. The van der Waals surface area contributed by atoms with E-state index in [1.54, 1.807) is 21.6 Å². The zero-order valence-corrected chi connectivity index (χ0v) is 17.1. The first kappa shape index (κ1) is 22.3. The van der Waals surface area contributed by atoms with Gasteiger partial charge in [0.25, 0.3) is 0 Å². The minimum absolute atomic E-state index is 0.134. The monoisotopic (exact) mass is 388 g/mol. The lowest BCUT2D eigenvalue weighted by atomic mass is 10.2. The van der Waals surface area contributed by atoms with Crippen molar-refractivity contribution < 1.29 is 9.59 Å². The summed E-state index contributed by atoms with van der Waals surface area (Å²) in [6, 6.07) is 0.610. The maximum absolute atomic E-state index is 11.9. The Hall–Kier alpha value is -0.700. The molecule has 0 spiro atoms. The average Bonchev–Trinajstić information content (AvgIpc) is 2.62. The third-order valence-corrected chi connectivity index (χ3v) is 6.46. The number of nitrogens with zero attached hydrogens (tertiary/aromatic N) is 2. The van der Waals surface area contributed by atoms with Crippen LogP contribution >= 0.6 is 21.6 Å². The van der Waals surface area contributed by atoms with Gasteiger partial charge in [-0.3, -0.25) is 14.5 Å². The van der Waals surface area contributed by atoms with Crippen molar-refractivity contribution >= 4 is 33.4 Å². The smallest absolute Gasteiger partial charge is 0.243 e. The van der Waals surface area contributed by atoms with E-state index in [1.807, 2.05) is 0 Å². The van der Waals surface area contributed by atoms with Crippen LogP contribution in [0.3, 0.4) is 0 Å². The predicted molar refractivity (Wildman–Crippen MR) is 109 cm³/mol. The fourth-order valence-corrected chi connectivity index (χ4v) is 4.30. The predicted octanol–water partition coefficient (Wildman–Crippen LogP) is 1.20. The van der Waals surface area contributed by atoms with Crippen molar-refractivity contribution in [3.05, 3.63) is 12.7 Å². The number of piperazine rings is 1. The van der Waals surface area contributed by atoms with Crippen molar-refractivity contribution in [3.63, 3.8) is 0 Å². The van der Waals surface area contributed by atoms with Crippen LogP contribution in [0.4, 0.5) is 0 Å². The first-order chi connectivity index (χ1) is 12.0. The van der Waals surface area contributed by atoms with Gasteiger partial charge in [0, 0.05) is 69.8 Å². The second-order valence-electron chi connectivity index (χ2n) is 6.21. The third kappa shape index (κ3) is 10.8. The van der Waals surface area contributed by atoms with E-state index in [9.17, 15) is 9.59 Å². The summed E-state index contributed by atoms with van der Waals surface area (Å²) in [5.74, 6) is 1.72. The second kappa shape index (κ2) is 13.5. The van der Waals surface area contributed by atoms with E-state index in [2.05, 4.69) is 40.9 Å². The van der Waals surface area contributed by atoms with Crippen molar-refractivity contribution in [2.75, 3.05) is 57.3 Å². The molecule has 0 atom stereocenters. The van der Waals surface area contributed by atoms with Crippen molar-refractivity contribution in [1.29, 1.82) is 0 Å². The number of hydrogen-bond donors (Lipinski definition) is 2. The summed E-state index contributed by atoms with van der Waals surface area (Å²) in [6.07, 6.45) is 1.85. The summed E-state index contributed by atoms with van der Waals surface area (Å²) in [5, 5.41) is 5.70. The molecule has 6 nitrogen and oxygen atoms in total.